The molecule has 2 aromatic carbocycles. The molecule has 0 aliphatic carbocycles. The summed E-state index contributed by atoms with van der Waals surface area (Å²) in [6, 6.07) is 11.8. The van der Waals surface area contributed by atoms with Crippen LogP contribution in [-0.2, 0) is 6.42 Å². The highest BCUT2D eigenvalue weighted by molar-refractivity contribution is 5.96. The molecule has 3 rings (SSSR count). The molecule has 0 aliphatic rings. The van der Waals surface area contributed by atoms with Crippen LogP contribution in [0.15, 0.2) is 42.5 Å². The monoisotopic (exact) mass is 352 g/mol. The number of carbonyl (C=O) groups excluding carboxylic acids is 1. The first kappa shape index (κ1) is 17.5. The zero-order valence-corrected chi connectivity index (χ0v) is 14.6. The second kappa shape index (κ2) is 7.31. The average Bonchev–Trinajstić information content (AvgIpc) is 2.96. The van der Waals surface area contributed by atoms with Crippen molar-refractivity contribution in [1.29, 1.82) is 0 Å². The molecule has 3 N–H and O–H groups in total. The summed E-state index contributed by atoms with van der Waals surface area (Å²) in [7, 11) is 1.64. The van der Waals surface area contributed by atoms with Crippen molar-refractivity contribution in [3.05, 3.63) is 64.8 Å². The lowest BCUT2D eigenvalue weighted by Crippen LogP contribution is -2.25. The molecule has 1 amide bonds. The number of aromatic nitrogens is 1. The van der Waals surface area contributed by atoms with Gasteiger partial charge in [0.2, 0.25) is 0 Å². The third-order valence-electron chi connectivity index (χ3n) is 4.38. The van der Waals surface area contributed by atoms with Gasteiger partial charge in [-0.2, -0.15) is 0 Å². The number of methoxy groups -OCH3 is 1. The number of carbonyl (C=O) groups is 2. The highest BCUT2D eigenvalue weighted by Gasteiger charge is 2.11. The fraction of sp³-hybridized carbons (Fsp3) is 0.200. The van der Waals surface area contributed by atoms with Crippen molar-refractivity contribution in [2.75, 3.05) is 13.7 Å². The lowest BCUT2D eigenvalue weighted by atomic mass is 10.1. The van der Waals surface area contributed by atoms with Gasteiger partial charge in [0.05, 0.1) is 12.7 Å². The number of fused-ring (bicyclic) bond motifs is 1. The van der Waals surface area contributed by atoms with Crippen LogP contribution in [0.25, 0.3) is 10.9 Å². The molecule has 0 aliphatic heterocycles. The van der Waals surface area contributed by atoms with Crippen LogP contribution in [0.4, 0.5) is 0 Å². The maximum Gasteiger partial charge on any atom is 0.335 e. The van der Waals surface area contributed by atoms with Crippen LogP contribution < -0.4 is 10.1 Å². The number of benzene rings is 2. The number of nitrogens with one attached hydrogen (secondary N) is 2. The Kier molecular flexibility index (Phi) is 4.93. The van der Waals surface area contributed by atoms with Crippen LogP contribution >= 0.6 is 0 Å². The first-order chi connectivity index (χ1) is 12.5. The number of aromatic amines is 1. The van der Waals surface area contributed by atoms with Gasteiger partial charge in [-0.15, -0.1) is 0 Å². The van der Waals surface area contributed by atoms with E-state index in [0.717, 1.165) is 27.9 Å². The van der Waals surface area contributed by atoms with E-state index in [0.29, 0.717) is 18.5 Å². The van der Waals surface area contributed by atoms with Gasteiger partial charge in [-0.05, 0) is 61.4 Å². The molecule has 0 saturated heterocycles. The average molecular weight is 352 g/mol. The Morgan fingerprint density at radius 1 is 1.12 bits per heavy atom. The summed E-state index contributed by atoms with van der Waals surface area (Å²) < 4.78 is 5.29. The molecule has 0 atom stereocenters. The lowest BCUT2D eigenvalue weighted by molar-refractivity contribution is 0.0696. The van der Waals surface area contributed by atoms with Gasteiger partial charge in [0.1, 0.15) is 5.75 Å². The minimum absolute atomic E-state index is 0.157. The maximum atomic E-state index is 12.2. The maximum absolute atomic E-state index is 12.2. The molecular formula is C20H20N2O4. The first-order valence-corrected chi connectivity index (χ1v) is 8.26. The Bertz CT molecular complexity index is 958. The summed E-state index contributed by atoms with van der Waals surface area (Å²) in [5.74, 6) is -0.445. The van der Waals surface area contributed by atoms with Gasteiger partial charge in [-0.1, -0.05) is 0 Å². The second-order valence-electron chi connectivity index (χ2n) is 6.03. The lowest BCUT2D eigenvalue weighted by Gasteiger charge is -2.07. The van der Waals surface area contributed by atoms with Gasteiger partial charge in [0, 0.05) is 28.7 Å². The zero-order valence-electron chi connectivity index (χ0n) is 14.6. The van der Waals surface area contributed by atoms with Gasteiger partial charge in [0.15, 0.2) is 0 Å². The van der Waals surface area contributed by atoms with Crippen molar-refractivity contribution in [3.8, 4) is 5.75 Å². The molecule has 0 saturated carbocycles. The highest BCUT2D eigenvalue weighted by atomic mass is 16.5. The molecule has 0 spiro atoms. The number of aryl methyl sites for hydroxylation is 1. The summed E-state index contributed by atoms with van der Waals surface area (Å²) in [6.45, 7) is 2.48. The number of hydrogen-bond acceptors (Lipinski definition) is 3. The smallest absolute Gasteiger partial charge is 0.335 e. The van der Waals surface area contributed by atoms with E-state index < -0.39 is 5.97 Å². The zero-order chi connectivity index (χ0) is 18.7. The summed E-state index contributed by atoms with van der Waals surface area (Å²) in [4.78, 5) is 26.4. The summed E-state index contributed by atoms with van der Waals surface area (Å²) in [5.41, 5.74) is 3.83. The minimum Gasteiger partial charge on any atom is -0.497 e. The number of H-pyrrole nitrogens is 1. The Morgan fingerprint density at radius 2 is 1.81 bits per heavy atom. The van der Waals surface area contributed by atoms with Gasteiger partial charge < -0.3 is 20.1 Å². The molecule has 0 fully saturated rings. The molecule has 1 heterocycles. The van der Waals surface area contributed by atoms with Crippen molar-refractivity contribution < 1.29 is 19.4 Å². The normalized spacial score (nSPS) is 10.7. The van der Waals surface area contributed by atoms with Crippen molar-refractivity contribution in [3.63, 3.8) is 0 Å². The van der Waals surface area contributed by atoms with Crippen molar-refractivity contribution in [1.82, 2.24) is 10.3 Å². The topological polar surface area (TPSA) is 91.4 Å². The Labute approximate surface area is 150 Å². The van der Waals surface area contributed by atoms with E-state index in [4.69, 9.17) is 9.84 Å². The molecule has 0 unspecified atom stereocenters. The Balaban J connectivity index is 1.67. The number of rotatable bonds is 6. The summed E-state index contributed by atoms with van der Waals surface area (Å²) in [6.07, 6.45) is 0.679. The molecule has 6 heteroatoms. The summed E-state index contributed by atoms with van der Waals surface area (Å²) in [5, 5.41) is 12.9. The number of amides is 1. The van der Waals surface area contributed by atoms with Crippen LogP contribution in [0, 0.1) is 6.92 Å². The van der Waals surface area contributed by atoms with Crippen molar-refractivity contribution >= 4 is 22.8 Å². The van der Waals surface area contributed by atoms with Crippen LogP contribution in [0.1, 0.15) is 32.0 Å². The van der Waals surface area contributed by atoms with E-state index in [2.05, 4.69) is 10.3 Å². The highest BCUT2D eigenvalue weighted by Crippen LogP contribution is 2.26. The second-order valence-corrected chi connectivity index (χ2v) is 6.03. The number of carboxylic acids is 1. The molecule has 0 bridgehead atoms. The van der Waals surface area contributed by atoms with Crippen LogP contribution in [0.5, 0.6) is 5.75 Å². The quantitative estimate of drug-likeness (QED) is 0.635. The standard InChI is InChI=1S/C20H20N2O4/c1-12-16(17-11-15(26-2)7-8-18(17)22-12)9-10-21-19(23)13-3-5-14(6-4-13)20(24)25/h3-8,11,22H,9-10H2,1-2H3,(H,21,23)(H,24,25). The van der Waals surface area contributed by atoms with E-state index in [1.54, 1.807) is 7.11 Å². The van der Waals surface area contributed by atoms with Gasteiger partial charge in [0.25, 0.3) is 5.91 Å². The Morgan fingerprint density at radius 3 is 2.46 bits per heavy atom. The molecule has 134 valence electrons. The fourth-order valence-corrected chi connectivity index (χ4v) is 2.98. The predicted molar refractivity (Wildman–Crippen MR) is 99.0 cm³/mol. The van der Waals surface area contributed by atoms with E-state index in [9.17, 15) is 9.59 Å². The number of carboxylic acid groups (broad SMARTS) is 1. The Hall–Kier alpha value is -3.28. The predicted octanol–water partition coefficient (Wildman–Crippen LogP) is 3.16. The van der Waals surface area contributed by atoms with Gasteiger partial charge in [-0.25, -0.2) is 4.79 Å². The number of ether oxygens (including phenoxy) is 1. The third-order valence-corrected chi connectivity index (χ3v) is 4.38. The minimum atomic E-state index is -1.01. The van der Waals surface area contributed by atoms with Crippen LogP contribution in [0.2, 0.25) is 0 Å². The number of hydrogen-bond donors (Lipinski definition) is 3. The largest absolute Gasteiger partial charge is 0.497 e. The van der Waals surface area contributed by atoms with E-state index >= 15 is 0 Å². The molecule has 26 heavy (non-hydrogen) atoms. The van der Waals surface area contributed by atoms with Crippen molar-refractivity contribution in [2.45, 2.75) is 13.3 Å². The summed E-state index contributed by atoms with van der Waals surface area (Å²) >= 11 is 0. The SMILES string of the molecule is COc1ccc2[nH]c(C)c(CCNC(=O)c3ccc(C(=O)O)cc3)c2c1. The van der Waals surface area contributed by atoms with E-state index in [1.807, 2.05) is 25.1 Å². The first-order valence-electron chi connectivity index (χ1n) is 8.26. The number of aromatic carboxylic acids is 1. The van der Waals surface area contributed by atoms with Crippen LogP contribution in [-0.4, -0.2) is 35.6 Å². The fourth-order valence-electron chi connectivity index (χ4n) is 2.98. The molecule has 0 radical (unpaired) electrons. The van der Waals surface area contributed by atoms with Crippen LogP contribution in [0.3, 0.4) is 0 Å². The van der Waals surface area contributed by atoms with Crippen molar-refractivity contribution in [2.24, 2.45) is 0 Å². The van der Waals surface area contributed by atoms with Gasteiger partial charge in [-0.3, -0.25) is 4.79 Å². The molecular weight excluding hydrogens is 332 g/mol. The van der Waals surface area contributed by atoms with Gasteiger partial charge >= 0.3 is 5.97 Å². The van der Waals surface area contributed by atoms with E-state index in [1.165, 1.54) is 24.3 Å². The molecule has 6 nitrogen and oxygen atoms in total. The third kappa shape index (κ3) is 3.54. The molecule has 1 aromatic heterocycles. The van der Waals surface area contributed by atoms with E-state index in [-0.39, 0.29) is 11.5 Å². The molecule has 3 aromatic rings.